The van der Waals surface area contributed by atoms with Gasteiger partial charge >= 0.3 is 103 Å². The monoisotopic (exact) mass is 524 g/mol. The van der Waals surface area contributed by atoms with Gasteiger partial charge in [0.15, 0.2) is 0 Å². The molecule has 0 spiro atoms. The number of hydrogen-bond acceptors (Lipinski definition) is 10. The third-order valence-electron chi connectivity index (χ3n) is 2.99. The van der Waals surface area contributed by atoms with Gasteiger partial charge in [-0.3, -0.25) is 19.2 Å². The average molecular weight is 526 g/mol. The Bertz CT molecular complexity index is 539. The van der Waals surface area contributed by atoms with Crippen molar-refractivity contribution in [2.75, 3.05) is 13.2 Å². The van der Waals surface area contributed by atoms with Crippen molar-refractivity contribution < 1.29 is 68.0 Å². The molecule has 0 N–H and O–H groups in total. The minimum Gasteiger partial charge on any atom is -0.466 e. The third-order valence-corrected chi connectivity index (χ3v) is 5.20. The zero-order valence-corrected chi connectivity index (χ0v) is 22.0. The van der Waals surface area contributed by atoms with Gasteiger partial charge < -0.3 is 9.47 Å². The van der Waals surface area contributed by atoms with Crippen LogP contribution in [0.4, 0.5) is 0 Å². The second kappa shape index (κ2) is 21.6. The van der Waals surface area contributed by atoms with Crippen molar-refractivity contribution >= 4 is 35.1 Å². The molecule has 178 valence electrons. The topological polar surface area (TPSA) is 139 Å². The number of Topliss-reactive ketones (excluding diaryl/α,β-unsaturated/α-hetero) is 4. The zero-order chi connectivity index (χ0) is 25.0. The minimum atomic E-state index is -1.48. The van der Waals surface area contributed by atoms with E-state index in [-0.39, 0.29) is 36.0 Å². The molecule has 0 bridgehead atoms. The maximum atomic E-state index is 10.7. The van der Waals surface area contributed by atoms with E-state index < -0.39 is 48.3 Å². The summed E-state index contributed by atoms with van der Waals surface area (Å²) in [6.45, 7) is 13.1. The summed E-state index contributed by atoms with van der Waals surface area (Å²) in [6, 6.07) is 0. The molecule has 0 saturated carbocycles. The first-order valence-electron chi connectivity index (χ1n) is 9.65. The standard InChI is InChI=1S/2C6H10O3.2C4H7O2.Zr/c2*1-3-9-6(8)4-5(2)7;2*1-3(5)4(2)6;/h2*3-4H2,1-2H3;2*3H,1-2H3;/q;;2*-1;+2. The first-order chi connectivity index (χ1) is 14.3. The van der Waals surface area contributed by atoms with Gasteiger partial charge in [0.1, 0.15) is 24.4 Å². The van der Waals surface area contributed by atoms with Gasteiger partial charge in [-0.15, -0.1) is 0 Å². The first kappa shape index (κ1) is 34.0. The van der Waals surface area contributed by atoms with Gasteiger partial charge in [0.25, 0.3) is 0 Å². The van der Waals surface area contributed by atoms with Crippen LogP contribution < -0.4 is 0 Å². The average Bonchev–Trinajstić information content (AvgIpc) is 2.61. The number of carbonyl (C=O) groups excluding carboxylic acids is 6. The van der Waals surface area contributed by atoms with Crippen LogP contribution in [0.3, 0.4) is 0 Å². The van der Waals surface area contributed by atoms with Crippen molar-refractivity contribution in [3.63, 3.8) is 0 Å². The number of hydrogen-bond donors (Lipinski definition) is 0. The van der Waals surface area contributed by atoms with Gasteiger partial charge in [0, 0.05) is 0 Å². The van der Waals surface area contributed by atoms with Crippen LogP contribution in [0, 0.1) is 0 Å². The van der Waals surface area contributed by atoms with Crippen LogP contribution in [-0.2, 0) is 68.0 Å². The fraction of sp³-hybridized carbons (Fsp3) is 0.700. The molecule has 0 amide bonds. The van der Waals surface area contributed by atoms with Crippen molar-refractivity contribution in [1.82, 2.24) is 0 Å². The summed E-state index contributed by atoms with van der Waals surface area (Å²) in [7, 11) is 0. The maximum absolute atomic E-state index is 10.7. The number of carbonyl (C=O) groups is 6. The van der Waals surface area contributed by atoms with Gasteiger partial charge in [0.2, 0.25) is 0 Å². The Morgan fingerprint density at radius 3 is 1.13 bits per heavy atom. The largest absolute Gasteiger partial charge is 0.466 e. The second-order valence-electron chi connectivity index (χ2n) is 6.19. The maximum Gasteiger partial charge on any atom is 0.313 e. The van der Waals surface area contributed by atoms with Crippen LogP contribution in [-0.4, -0.2) is 60.5 Å². The quantitative estimate of drug-likeness (QED) is 0.274. The molecule has 0 heterocycles. The fourth-order valence-electron chi connectivity index (χ4n) is 1.17. The molecule has 2 unspecified atom stereocenters. The van der Waals surface area contributed by atoms with Crippen LogP contribution in [0.2, 0.25) is 0 Å². The summed E-state index contributed by atoms with van der Waals surface area (Å²) in [5, 5.41) is 0. The molecule has 2 atom stereocenters. The van der Waals surface area contributed by atoms with Crippen molar-refractivity contribution in [3.8, 4) is 0 Å². The SMILES string of the molecule is CC(=O)C(C)[O][Zr][O]C(C)C(C)=O.CCOC(=O)CC(C)=O.CCOC(=O)CC(C)=O. The second-order valence-corrected chi connectivity index (χ2v) is 7.76. The summed E-state index contributed by atoms with van der Waals surface area (Å²) in [5.41, 5.74) is 0. The van der Waals surface area contributed by atoms with Crippen molar-refractivity contribution in [3.05, 3.63) is 0 Å². The van der Waals surface area contributed by atoms with Gasteiger partial charge in [0.05, 0.1) is 13.2 Å². The van der Waals surface area contributed by atoms with E-state index >= 15 is 0 Å². The minimum absolute atomic E-state index is 0.0139. The Hall–Kier alpha value is -1.58. The summed E-state index contributed by atoms with van der Waals surface area (Å²) in [6.07, 6.45) is -1.00. The van der Waals surface area contributed by atoms with E-state index in [1.54, 1.807) is 27.7 Å². The van der Waals surface area contributed by atoms with Crippen LogP contribution in [0.15, 0.2) is 0 Å². The van der Waals surface area contributed by atoms with Crippen LogP contribution in [0.5, 0.6) is 0 Å². The molecule has 0 aliphatic rings. The van der Waals surface area contributed by atoms with Gasteiger partial charge in [-0.1, -0.05) is 0 Å². The molecule has 11 heteroatoms. The van der Waals surface area contributed by atoms with Crippen LogP contribution >= 0.6 is 0 Å². The smallest absolute Gasteiger partial charge is 0.313 e. The van der Waals surface area contributed by atoms with Gasteiger partial charge in [-0.05, 0) is 27.7 Å². The fourth-order valence-corrected chi connectivity index (χ4v) is 2.83. The van der Waals surface area contributed by atoms with E-state index in [9.17, 15) is 28.8 Å². The number of ether oxygens (including phenoxy) is 2. The van der Waals surface area contributed by atoms with Crippen LogP contribution in [0.25, 0.3) is 0 Å². The van der Waals surface area contributed by atoms with E-state index in [0.717, 1.165) is 0 Å². The third kappa shape index (κ3) is 28.4. The van der Waals surface area contributed by atoms with E-state index in [1.165, 1.54) is 27.7 Å². The molecule has 0 aliphatic carbocycles. The van der Waals surface area contributed by atoms with Crippen molar-refractivity contribution in [1.29, 1.82) is 0 Å². The number of ketones is 4. The molecule has 0 saturated heterocycles. The van der Waals surface area contributed by atoms with E-state index in [2.05, 4.69) is 9.47 Å². The Labute approximate surface area is 196 Å². The van der Waals surface area contributed by atoms with E-state index in [4.69, 9.17) is 5.63 Å². The molecular formula is C20H34O10Zr. The van der Waals surface area contributed by atoms with Gasteiger partial charge in [-0.2, -0.15) is 0 Å². The normalized spacial score (nSPS) is 11.2. The molecule has 0 fully saturated rings. The molecular weight excluding hydrogens is 491 g/mol. The first-order valence-corrected chi connectivity index (χ1v) is 11.7. The molecule has 0 radical (unpaired) electrons. The van der Waals surface area contributed by atoms with Crippen molar-refractivity contribution in [2.24, 2.45) is 0 Å². The Morgan fingerprint density at radius 2 is 0.935 bits per heavy atom. The Kier molecular flexibility index (Phi) is 23.8. The van der Waals surface area contributed by atoms with E-state index in [1.807, 2.05) is 0 Å². The Balaban J connectivity index is -0.000000390. The summed E-state index contributed by atoms with van der Waals surface area (Å²) in [5.74, 6) is -1.23. The summed E-state index contributed by atoms with van der Waals surface area (Å²) < 4.78 is 19.3. The predicted octanol–water partition coefficient (Wildman–Crippen LogP) is 1.94. The van der Waals surface area contributed by atoms with Gasteiger partial charge in [-0.25, -0.2) is 0 Å². The predicted molar refractivity (Wildman–Crippen MR) is 106 cm³/mol. The molecule has 31 heavy (non-hydrogen) atoms. The molecule has 0 rings (SSSR count). The zero-order valence-electron chi connectivity index (χ0n) is 19.6. The molecule has 10 nitrogen and oxygen atoms in total. The summed E-state index contributed by atoms with van der Waals surface area (Å²) >= 11 is -1.48. The molecule has 0 aromatic carbocycles. The molecule has 0 aromatic heterocycles. The molecule has 0 aromatic rings. The van der Waals surface area contributed by atoms with Crippen molar-refractivity contribution in [2.45, 2.75) is 80.4 Å². The number of esters is 2. The number of rotatable bonds is 12. The Morgan fingerprint density at radius 1 is 0.645 bits per heavy atom. The molecule has 0 aliphatic heterocycles. The summed E-state index contributed by atoms with van der Waals surface area (Å²) in [4.78, 5) is 62.7. The van der Waals surface area contributed by atoms with Crippen LogP contribution in [0.1, 0.15) is 68.2 Å². The van der Waals surface area contributed by atoms with E-state index in [0.29, 0.717) is 13.2 Å².